The van der Waals surface area contributed by atoms with E-state index in [4.69, 9.17) is 16.3 Å². The summed E-state index contributed by atoms with van der Waals surface area (Å²) in [5.41, 5.74) is 3.45. The van der Waals surface area contributed by atoms with Crippen LogP contribution in [-0.2, 0) is 0 Å². The minimum absolute atomic E-state index is 0.0610. The predicted octanol–water partition coefficient (Wildman–Crippen LogP) is 5.12. The van der Waals surface area contributed by atoms with Crippen LogP contribution in [0.25, 0.3) is 0 Å². The van der Waals surface area contributed by atoms with Gasteiger partial charge in [-0.25, -0.2) is 0 Å². The topological polar surface area (TPSA) is 21.3 Å². The van der Waals surface area contributed by atoms with Gasteiger partial charge in [0.25, 0.3) is 0 Å². The Bertz CT molecular complexity index is 630. The van der Waals surface area contributed by atoms with Gasteiger partial charge in [0.15, 0.2) is 0 Å². The standard InChI is InChI=1S/C17H19BrClNO/c1-4-20-17(14-6-5-7-15(18)16(14)19)13-9-8-12(21-3)10-11(13)2/h5-10,17,20H,4H2,1-3H3. The molecule has 0 aliphatic rings. The van der Waals surface area contributed by atoms with Crippen LogP contribution in [0.5, 0.6) is 5.75 Å². The third-order valence-electron chi connectivity index (χ3n) is 3.49. The van der Waals surface area contributed by atoms with Crippen molar-refractivity contribution in [3.8, 4) is 5.75 Å². The lowest BCUT2D eigenvalue weighted by molar-refractivity contribution is 0.414. The molecule has 2 aromatic rings. The van der Waals surface area contributed by atoms with Gasteiger partial charge in [0.05, 0.1) is 18.2 Å². The van der Waals surface area contributed by atoms with Crippen LogP contribution >= 0.6 is 27.5 Å². The van der Waals surface area contributed by atoms with Crippen molar-refractivity contribution in [3.63, 3.8) is 0 Å². The highest BCUT2D eigenvalue weighted by Gasteiger charge is 2.19. The predicted molar refractivity (Wildman–Crippen MR) is 92.4 cm³/mol. The average molecular weight is 369 g/mol. The van der Waals surface area contributed by atoms with Crippen molar-refractivity contribution in [3.05, 3.63) is 62.6 Å². The number of hydrogen-bond acceptors (Lipinski definition) is 2. The zero-order valence-electron chi connectivity index (χ0n) is 12.4. The molecule has 0 radical (unpaired) electrons. The van der Waals surface area contributed by atoms with Crippen molar-refractivity contribution in [1.29, 1.82) is 0 Å². The monoisotopic (exact) mass is 367 g/mol. The SMILES string of the molecule is CCNC(c1ccc(OC)cc1C)c1cccc(Br)c1Cl. The summed E-state index contributed by atoms with van der Waals surface area (Å²) in [5, 5.41) is 4.26. The first-order valence-electron chi connectivity index (χ1n) is 6.90. The summed E-state index contributed by atoms with van der Waals surface area (Å²) in [4.78, 5) is 0. The van der Waals surface area contributed by atoms with Gasteiger partial charge in [-0.2, -0.15) is 0 Å². The largest absolute Gasteiger partial charge is 0.497 e. The fraction of sp³-hybridized carbons (Fsp3) is 0.294. The van der Waals surface area contributed by atoms with Gasteiger partial charge < -0.3 is 10.1 Å². The Morgan fingerprint density at radius 2 is 2.00 bits per heavy atom. The fourth-order valence-electron chi connectivity index (χ4n) is 2.43. The van der Waals surface area contributed by atoms with E-state index in [1.807, 2.05) is 24.3 Å². The lowest BCUT2D eigenvalue weighted by Gasteiger charge is -2.23. The van der Waals surface area contributed by atoms with Crippen molar-refractivity contribution in [2.24, 2.45) is 0 Å². The van der Waals surface area contributed by atoms with Crippen LogP contribution in [0.15, 0.2) is 40.9 Å². The van der Waals surface area contributed by atoms with E-state index >= 15 is 0 Å². The first-order chi connectivity index (χ1) is 10.1. The molecule has 0 fully saturated rings. The summed E-state index contributed by atoms with van der Waals surface area (Å²) in [6, 6.07) is 12.2. The molecule has 0 saturated carbocycles. The molecule has 21 heavy (non-hydrogen) atoms. The van der Waals surface area contributed by atoms with Gasteiger partial charge in [-0.05, 0) is 64.3 Å². The van der Waals surface area contributed by atoms with Crippen LogP contribution in [-0.4, -0.2) is 13.7 Å². The summed E-state index contributed by atoms with van der Waals surface area (Å²) < 4.78 is 6.20. The highest BCUT2D eigenvalue weighted by Crippen LogP contribution is 2.35. The van der Waals surface area contributed by atoms with E-state index in [0.29, 0.717) is 0 Å². The van der Waals surface area contributed by atoms with Crippen molar-refractivity contribution in [1.82, 2.24) is 5.32 Å². The van der Waals surface area contributed by atoms with Gasteiger partial charge in [-0.15, -0.1) is 0 Å². The third-order valence-corrected chi connectivity index (χ3v) is 4.80. The molecule has 0 aromatic heterocycles. The average Bonchev–Trinajstić information content (AvgIpc) is 2.48. The zero-order chi connectivity index (χ0) is 15.4. The number of halogens is 2. The molecular formula is C17H19BrClNO. The molecule has 0 saturated heterocycles. The van der Waals surface area contributed by atoms with E-state index in [1.165, 1.54) is 11.1 Å². The Labute approximate surface area is 139 Å². The Kier molecular flexibility index (Phi) is 5.68. The fourth-order valence-corrected chi connectivity index (χ4v) is 3.05. The molecule has 1 atom stereocenters. The number of rotatable bonds is 5. The normalized spacial score (nSPS) is 12.2. The van der Waals surface area contributed by atoms with E-state index in [9.17, 15) is 0 Å². The summed E-state index contributed by atoms with van der Waals surface area (Å²) in [5.74, 6) is 0.867. The van der Waals surface area contributed by atoms with Crippen LogP contribution in [0.2, 0.25) is 5.02 Å². The first-order valence-corrected chi connectivity index (χ1v) is 8.07. The van der Waals surface area contributed by atoms with E-state index < -0.39 is 0 Å². The minimum atomic E-state index is 0.0610. The maximum Gasteiger partial charge on any atom is 0.119 e. The van der Waals surface area contributed by atoms with Crippen molar-refractivity contribution in [2.45, 2.75) is 19.9 Å². The molecule has 0 amide bonds. The third kappa shape index (κ3) is 3.60. The quantitative estimate of drug-likeness (QED) is 0.791. The maximum absolute atomic E-state index is 6.47. The Balaban J connectivity index is 2.51. The number of methoxy groups -OCH3 is 1. The smallest absolute Gasteiger partial charge is 0.119 e. The van der Waals surface area contributed by atoms with Gasteiger partial charge in [0, 0.05) is 4.47 Å². The molecule has 1 N–H and O–H groups in total. The van der Waals surface area contributed by atoms with E-state index in [-0.39, 0.29) is 6.04 Å². The lowest BCUT2D eigenvalue weighted by atomic mass is 9.94. The molecule has 2 rings (SSSR count). The van der Waals surface area contributed by atoms with E-state index in [0.717, 1.165) is 27.4 Å². The molecule has 1 unspecified atom stereocenters. The molecule has 2 aromatic carbocycles. The number of nitrogens with one attached hydrogen (secondary N) is 1. The Hall–Kier alpha value is -1.03. The molecule has 0 aliphatic heterocycles. The van der Waals surface area contributed by atoms with Gasteiger partial charge >= 0.3 is 0 Å². The van der Waals surface area contributed by atoms with Gasteiger partial charge in [0.2, 0.25) is 0 Å². The molecule has 0 aliphatic carbocycles. The van der Waals surface area contributed by atoms with Crippen LogP contribution in [0, 0.1) is 6.92 Å². The number of hydrogen-bond donors (Lipinski definition) is 1. The number of aryl methyl sites for hydroxylation is 1. The second-order valence-electron chi connectivity index (χ2n) is 4.86. The van der Waals surface area contributed by atoms with Crippen LogP contribution in [0.4, 0.5) is 0 Å². The molecular weight excluding hydrogens is 350 g/mol. The second kappa shape index (κ2) is 7.30. The van der Waals surface area contributed by atoms with Gasteiger partial charge in [0.1, 0.15) is 5.75 Å². The zero-order valence-corrected chi connectivity index (χ0v) is 14.8. The van der Waals surface area contributed by atoms with Gasteiger partial charge in [-0.3, -0.25) is 0 Å². The van der Waals surface area contributed by atoms with Crippen LogP contribution in [0.1, 0.15) is 29.7 Å². The van der Waals surface area contributed by atoms with Crippen molar-refractivity contribution < 1.29 is 4.74 Å². The molecule has 4 heteroatoms. The van der Waals surface area contributed by atoms with E-state index in [2.05, 4.69) is 47.2 Å². The molecule has 112 valence electrons. The molecule has 0 bridgehead atoms. The lowest BCUT2D eigenvalue weighted by Crippen LogP contribution is -2.23. The summed E-state index contributed by atoms with van der Waals surface area (Å²) in [6.07, 6.45) is 0. The van der Waals surface area contributed by atoms with Crippen molar-refractivity contribution >= 4 is 27.5 Å². The van der Waals surface area contributed by atoms with Crippen LogP contribution < -0.4 is 10.1 Å². The van der Waals surface area contributed by atoms with Gasteiger partial charge in [-0.1, -0.05) is 36.7 Å². The molecule has 0 heterocycles. The first kappa shape index (κ1) is 16.3. The highest BCUT2D eigenvalue weighted by molar-refractivity contribution is 9.10. The Morgan fingerprint density at radius 3 is 2.62 bits per heavy atom. The Morgan fingerprint density at radius 1 is 1.24 bits per heavy atom. The van der Waals surface area contributed by atoms with E-state index in [1.54, 1.807) is 7.11 Å². The summed E-state index contributed by atoms with van der Waals surface area (Å²) in [7, 11) is 1.68. The summed E-state index contributed by atoms with van der Waals surface area (Å²) in [6.45, 7) is 5.05. The highest BCUT2D eigenvalue weighted by atomic mass is 79.9. The number of benzene rings is 2. The minimum Gasteiger partial charge on any atom is -0.497 e. The maximum atomic E-state index is 6.47. The second-order valence-corrected chi connectivity index (χ2v) is 6.09. The number of ether oxygens (including phenoxy) is 1. The molecule has 2 nitrogen and oxygen atoms in total. The van der Waals surface area contributed by atoms with Crippen molar-refractivity contribution in [2.75, 3.05) is 13.7 Å². The summed E-state index contributed by atoms with van der Waals surface area (Å²) >= 11 is 9.97. The molecule has 0 spiro atoms. The van der Waals surface area contributed by atoms with Crippen LogP contribution in [0.3, 0.4) is 0 Å².